The van der Waals surface area contributed by atoms with E-state index in [-0.39, 0.29) is 12.1 Å². The molecule has 2 N–H and O–H groups in total. The molecule has 0 spiro atoms. The van der Waals surface area contributed by atoms with E-state index in [1.807, 2.05) is 19.1 Å². The first-order valence-electron chi connectivity index (χ1n) is 6.79. The Hall–Kier alpha value is -0.780. The van der Waals surface area contributed by atoms with E-state index in [4.69, 9.17) is 19.9 Å². The van der Waals surface area contributed by atoms with Gasteiger partial charge in [-0.3, -0.25) is 0 Å². The number of benzene rings is 1. The van der Waals surface area contributed by atoms with Crippen LogP contribution in [-0.4, -0.2) is 33.0 Å². The van der Waals surface area contributed by atoms with Gasteiger partial charge in [0.1, 0.15) is 6.10 Å². The summed E-state index contributed by atoms with van der Waals surface area (Å²) in [5.41, 5.74) is 7.14. The Bertz CT molecular complexity index is 426. The van der Waals surface area contributed by atoms with Gasteiger partial charge >= 0.3 is 0 Å². The molecule has 5 heteroatoms. The molecule has 0 aromatic heterocycles. The maximum Gasteiger partial charge on any atom is 0.175 e. The molecule has 1 aromatic rings. The Balaban J connectivity index is 2.95. The third-order valence-corrected chi connectivity index (χ3v) is 3.62. The molecule has 0 radical (unpaired) electrons. The predicted octanol–water partition coefficient (Wildman–Crippen LogP) is 3.15. The lowest BCUT2D eigenvalue weighted by atomic mass is 10.0. The third kappa shape index (κ3) is 4.96. The van der Waals surface area contributed by atoms with E-state index in [9.17, 15) is 0 Å². The summed E-state index contributed by atoms with van der Waals surface area (Å²) < 4.78 is 17.2. The van der Waals surface area contributed by atoms with Crippen molar-refractivity contribution in [1.82, 2.24) is 0 Å². The summed E-state index contributed by atoms with van der Waals surface area (Å²) in [6.07, 6.45) is 1.72. The molecule has 0 amide bonds. The van der Waals surface area contributed by atoms with Gasteiger partial charge in [0, 0.05) is 13.2 Å². The molecular weight excluding hydrogens is 322 g/mol. The van der Waals surface area contributed by atoms with Gasteiger partial charge in [-0.05, 0) is 53.4 Å². The fourth-order valence-electron chi connectivity index (χ4n) is 1.92. The second kappa shape index (κ2) is 8.49. The fraction of sp³-hybridized carbons (Fsp3) is 0.600. The number of rotatable bonds is 8. The summed E-state index contributed by atoms with van der Waals surface area (Å²) in [5.74, 6) is 1.41. The molecule has 2 unspecified atom stereocenters. The van der Waals surface area contributed by atoms with Crippen molar-refractivity contribution in [2.75, 3.05) is 20.8 Å². The van der Waals surface area contributed by atoms with Crippen LogP contribution < -0.4 is 15.2 Å². The molecule has 1 aromatic carbocycles. The molecule has 0 bridgehead atoms. The van der Waals surface area contributed by atoms with E-state index in [0.29, 0.717) is 18.1 Å². The van der Waals surface area contributed by atoms with Crippen molar-refractivity contribution in [3.63, 3.8) is 0 Å². The Kier molecular flexibility index (Phi) is 7.34. The third-order valence-electron chi connectivity index (χ3n) is 3.03. The van der Waals surface area contributed by atoms with E-state index in [0.717, 1.165) is 22.9 Å². The SMILES string of the molecule is CCC(N)Cc1cc(Br)c(OC(C)COC)c(OC)c1. The zero-order valence-electron chi connectivity index (χ0n) is 12.6. The highest BCUT2D eigenvalue weighted by molar-refractivity contribution is 9.10. The quantitative estimate of drug-likeness (QED) is 0.786. The normalized spacial score (nSPS) is 13.9. The summed E-state index contributed by atoms with van der Waals surface area (Å²) in [7, 11) is 3.29. The summed E-state index contributed by atoms with van der Waals surface area (Å²) in [6.45, 7) is 4.56. The van der Waals surface area contributed by atoms with Crippen molar-refractivity contribution in [3.8, 4) is 11.5 Å². The first-order valence-corrected chi connectivity index (χ1v) is 7.58. The van der Waals surface area contributed by atoms with Gasteiger partial charge < -0.3 is 19.9 Å². The number of nitrogens with two attached hydrogens (primary N) is 1. The molecule has 2 atom stereocenters. The monoisotopic (exact) mass is 345 g/mol. The first-order chi connectivity index (χ1) is 9.51. The molecule has 0 fully saturated rings. The number of halogens is 1. The summed E-state index contributed by atoms with van der Waals surface area (Å²) in [4.78, 5) is 0. The molecule has 0 heterocycles. The van der Waals surface area contributed by atoms with Crippen LogP contribution in [0.25, 0.3) is 0 Å². The lowest BCUT2D eigenvalue weighted by Crippen LogP contribution is -2.21. The van der Waals surface area contributed by atoms with Gasteiger partial charge in [0.15, 0.2) is 11.5 Å². The Morgan fingerprint density at radius 2 is 2.00 bits per heavy atom. The zero-order valence-corrected chi connectivity index (χ0v) is 14.2. The second-order valence-electron chi connectivity index (χ2n) is 4.87. The van der Waals surface area contributed by atoms with Crippen molar-refractivity contribution < 1.29 is 14.2 Å². The molecule has 0 saturated heterocycles. The van der Waals surface area contributed by atoms with E-state index in [1.165, 1.54) is 0 Å². The van der Waals surface area contributed by atoms with Crippen molar-refractivity contribution >= 4 is 15.9 Å². The molecule has 0 aliphatic rings. The van der Waals surface area contributed by atoms with Crippen molar-refractivity contribution in [2.24, 2.45) is 5.73 Å². The maximum absolute atomic E-state index is 6.00. The number of hydrogen-bond donors (Lipinski definition) is 1. The fourth-order valence-corrected chi connectivity index (χ4v) is 2.51. The molecule has 4 nitrogen and oxygen atoms in total. The van der Waals surface area contributed by atoms with E-state index < -0.39 is 0 Å². The van der Waals surface area contributed by atoms with Crippen LogP contribution in [0.4, 0.5) is 0 Å². The van der Waals surface area contributed by atoms with Crippen LogP contribution in [0.15, 0.2) is 16.6 Å². The van der Waals surface area contributed by atoms with Crippen molar-refractivity contribution in [1.29, 1.82) is 0 Å². The van der Waals surface area contributed by atoms with Crippen LogP contribution in [0, 0.1) is 0 Å². The van der Waals surface area contributed by atoms with Gasteiger partial charge in [0.05, 0.1) is 18.2 Å². The lowest BCUT2D eigenvalue weighted by Gasteiger charge is -2.19. The molecule has 0 saturated carbocycles. The minimum atomic E-state index is -0.0473. The minimum Gasteiger partial charge on any atom is -0.493 e. The smallest absolute Gasteiger partial charge is 0.175 e. The topological polar surface area (TPSA) is 53.7 Å². The molecule has 20 heavy (non-hydrogen) atoms. The number of methoxy groups -OCH3 is 2. The van der Waals surface area contributed by atoms with Crippen LogP contribution in [0.1, 0.15) is 25.8 Å². The highest BCUT2D eigenvalue weighted by atomic mass is 79.9. The van der Waals surface area contributed by atoms with Gasteiger partial charge in [-0.2, -0.15) is 0 Å². The van der Waals surface area contributed by atoms with Crippen LogP contribution >= 0.6 is 15.9 Å². The summed E-state index contributed by atoms with van der Waals surface area (Å²) in [5, 5.41) is 0. The van der Waals surface area contributed by atoms with Gasteiger partial charge in [0.2, 0.25) is 0 Å². The van der Waals surface area contributed by atoms with Crippen molar-refractivity contribution in [3.05, 3.63) is 22.2 Å². The molecule has 1 rings (SSSR count). The number of ether oxygens (including phenoxy) is 3. The average molecular weight is 346 g/mol. The highest BCUT2D eigenvalue weighted by Gasteiger charge is 2.15. The van der Waals surface area contributed by atoms with Gasteiger partial charge in [-0.15, -0.1) is 0 Å². The average Bonchev–Trinajstić information content (AvgIpc) is 2.41. The standard InChI is InChI=1S/C15H24BrNO3/c1-5-12(17)6-11-7-13(16)15(14(8-11)19-4)20-10(2)9-18-3/h7-8,10,12H,5-6,9,17H2,1-4H3. The van der Waals surface area contributed by atoms with Crippen LogP contribution in [0.2, 0.25) is 0 Å². The molecule has 114 valence electrons. The van der Waals surface area contributed by atoms with Gasteiger partial charge in [-0.25, -0.2) is 0 Å². The molecule has 0 aliphatic carbocycles. The zero-order chi connectivity index (χ0) is 15.1. The number of hydrogen-bond acceptors (Lipinski definition) is 4. The minimum absolute atomic E-state index is 0.0473. The summed E-state index contributed by atoms with van der Waals surface area (Å²) >= 11 is 3.54. The van der Waals surface area contributed by atoms with Crippen molar-refractivity contribution in [2.45, 2.75) is 38.8 Å². The van der Waals surface area contributed by atoms with Crippen LogP contribution in [0.5, 0.6) is 11.5 Å². The van der Waals surface area contributed by atoms with E-state index in [1.54, 1.807) is 14.2 Å². The van der Waals surface area contributed by atoms with Crippen LogP contribution in [0.3, 0.4) is 0 Å². The molecule has 0 aliphatic heterocycles. The lowest BCUT2D eigenvalue weighted by molar-refractivity contribution is 0.0894. The largest absolute Gasteiger partial charge is 0.493 e. The predicted molar refractivity (Wildman–Crippen MR) is 84.6 cm³/mol. The van der Waals surface area contributed by atoms with E-state index in [2.05, 4.69) is 22.9 Å². The Morgan fingerprint density at radius 3 is 2.55 bits per heavy atom. The first kappa shape index (κ1) is 17.3. The Labute approximate surface area is 129 Å². The second-order valence-corrected chi connectivity index (χ2v) is 5.72. The maximum atomic E-state index is 6.00. The van der Waals surface area contributed by atoms with Gasteiger partial charge in [-0.1, -0.05) is 6.92 Å². The Morgan fingerprint density at radius 1 is 1.30 bits per heavy atom. The molecular formula is C15H24BrNO3. The van der Waals surface area contributed by atoms with E-state index >= 15 is 0 Å². The van der Waals surface area contributed by atoms with Gasteiger partial charge in [0.25, 0.3) is 0 Å². The van der Waals surface area contributed by atoms with Crippen LogP contribution in [-0.2, 0) is 11.2 Å². The summed E-state index contributed by atoms with van der Waals surface area (Å²) in [6, 6.07) is 4.17. The highest BCUT2D eigenvalue weighted by Crippen LogP contribution is 2.37.